The number of amides is 1. The average molecular weight is 430 g/mol. The number of benzene rings is 3. The van der Waals surface area contributed by atoms with Gasteiger partial charge in [0, 0.05) is 6.08 Å². The first kappa shape index (κ1) is 22.5. The third kappa shape index (κ3) is 6.38. The lowest BCUT2D eigenvalue weighted by atomic mass is 10.1. The summed E-state index contributed by atoms with van der Waals surface area (Å²) in [4.78, 5) is 24.1. The van der Waals surface area contributed by atoms with Crippen LogP contribution < -0.4 is 14.9 Å². The lowest BCUT2D eigenvalue weighted by molar-refractivity contribution is -0.130. The summed E-state index contributed by atoms with van der Waals surface area (Å²) < 4.78 is 10.6. The van der Waals surface area contributed by atoms with Crippen LogP contribution in [0.5, 0.6) is 11.5 Å². The molecular formula is C25H22N2O5. The van der Waals surface area contributed by atoms with Crippen molar-refractivity contribution in [2.45, 2.75) is 6.10 Å². The molecule has 0 saturated heterocycles. The van der Waals surface area contributed by atoms with E-state index in [2.05, 4.69) is 10.5 Å². The van der Waals surface area contributed by atoms with Crippen LogP contribution in [-0.4, -0.2) is 30.3 Å². The van der Waals surface area contributed by atoms with Crippen molar-refractivity contribution in [2.24, 2.45) is 5.10 Å². The highest BCUT2D eigenvalue weighted by Crippen LogP contribution is 2.28. The number of aliphatic hydroxyl groups is 1. The molecule has 0 bridgehead atoms. The van der Waals surface area contributed by atoms with Crippen molar-refractivity contribution in [1.82, 2.24) is 5.43 Å². The second kappa shape index (κ2) is 11.2. The molecule has 32 heavy (non-hydrogen) atoms. The van der Waals surface area contributed by atoms with E-state index >= 15 is 0 Å². The molecule has 0 aliphatic carbocycles. The molecule has 0 fully saturated rings. The summed E-state index contributed by atoms with van der Waals surface area (Å²) in [6.07, 6.45) is 3.05. The molecule has 7 heteroatoms. The summed E-state index contributed by atoms with van der Waals surface area (Å²) >= 11 is 0. The molecule has 0 saturated carbocycles. The summed E-state index contributed by atoms with van der Waals surface area (Å²) in [6, 6.07) is 22.7. The van der Waals surface area contributed by atoms with Gasteiger partial charge in [-0.25, -0.2) is 10.2 Å². The molecule has 0 aliphatic rings. The first-order valence-electron chi connectivity index (χ1n) is 9.75. The van der Waals surface area contributed by atoms with Gasteiger partial charge in [0.15, 0.2) is 17.6 Å². The number of hydrogen-bond acceptors (Lipinski definition) is 6. The monoisotopic (exact) mass is 430 g/mol. The molecule has 3 rings (SSSR count). The average Bonchev–Trinajstić information content (AvgIpc) is 2.84. The third-order valence-corrected chi connectivity index (χ3v) is 4.36. The van der Waals surface area contributed by atoms with E-state index in [0.717, 1.165) is 5.56 Å². The zero-order valence-corrected chi connectivity index (χ0v) is 17.3. The first-order valence-corrected chi connectivity index (χ1v) is 9.75. The summed E-state index contributed by atoms with van der Waals surface area (Å²) in [6.45, 7) is 0. The number of nitrogens with one attached hydrogen (secondary N) is 1. The predicted octanol–water partition coefficient (Wildman–Crippen LogP) is 3.50. The summed E-state index contributed by atoms with van der Waals surface area (Å²) in [5.41, 5.74) is 4.23. The van der Waals surface area contributed by atoms with Gasteiger partial charge in [-0.15, -0.1) is 0 Å². The van der Waals surface area contributed by atoms with E-state index < -0.39 is 18.0 Å². The standard InChI is InChI=1S/C25H22N2O5/c1-31-22-16-19(17-26-27-25(30)24(29)20-10-6-3-7-11-20)12-14-21(22)32-23(28)15-13-18-8-4-2-5-9-18/h2-17,24,29H,1H3,(H,27,30). The fourth-order valence-electron chi connectivity index (χ4n) is 2.74. The number of carbonyl (C=O) groups excluding carboxylic acids is 2. The molecule has 0 heterocycles. The van der Waals surface area contributed by atoms with E-state index in [1.165, 1.54) is 19.4 Å². The van der Waals surface area contributed by atoms with Gasteiger partial charge in [0.1, 0.15) is 0 Å². The third-order valence-electron chi connectivity index (χ3n) is 4.36. The van der Waals surface area contributed by atoms with Crippen molar-refractivity contribution in [3.05, 3.63) is 102 Å². The number of rotatable bonds is 8. The largest absolute Gasteiger partial charge is 0.493 e. The molecule has 2 N–H and O–H groups in total. The Morgan fingerprint density at radius 3 is 2.31 bits per heavy atom. The van der Waals surface area contributed by atoms with Crippen LogP contribution in [0.15, 0.2) is 90.0 Å². The zero-order valence-electron chi connectivity index (χ0n) is 17.3. The number of esters is 1. The van der Waals surface area contributed by atoms with Gasteiger partial charge < -0.3 is 14.6 Å². The highest BCUT2D eigenvalue weighted by Gasteiger charge is 2.16. The summed E-state index contributed by atoms with van der Waals surface area (Å²) in [5, 5.41) is 13.9. The van der Waals surface area contributed by atoms with Gasteiger partial charge in [0.05, 0.1) is 13.3 Å². The quantitative estimate of drug-likeness (QED) is 0.187. The molecule has 0 spiro atoms. The van der Waals surface area contributed by atoms with E-state index in [1.54, 1.807) is 54.6 Å². The SMILES string of the molecule is COc1cc(C=NNC(=O)C(O)c2ccccc2)ccc1OC(=O)C=Cc1ccccc1. The van der Waals surface area contributed by atoms with E-state index in [1.807, 2.05) is 30.3 Å². The number of methoxy groups -OCH3 is 1. The van der Waals surface area contributed by atoms with Crippen LogP contribution in [0, 0.1) is 0 Å². The van der Waals surface area contributed by atoms with Crippen LogP contribution in [0.25, 0.3) is 6.08 Å². The van der Waals surface area contributed by atoms with E-state index in [0.29, 0.717) is 16.9 Å². The van der Waals surface area contributed by atoms with Crippen LogP contribution in [0.1, 0.15) is 22.8 Å². The minimum absolute atomic E-state index is 0.246. The van der Waals surface area contributed by atoms with Gasteiger partial charge in [-0.3, -0.25) is 4.79 Å². The van der Waals surface area contributed by atoms with Gasteiger partial charge in [-0.2, -0.15) is 5.10 Å². The van der Waals surface area contributed by atoms with Crippen molar-refractivity contribution in [1.29, 1.82) is 0 Å². The smallest absolute Gasteiger partial charge is 0.336 e. The Bertz CT molecular complexity index is 1110. The fraction of sp³-hybridized carbons (Fsp3) is 0.0800. The highest BCUT2D eigenvalue weighted by molar-refractivity contribution is 5.89. The lowest BCUT2D eigenvalue weighted by Gasteiger charge is -2.09. The molecule has 0 aliphatic heterocycles. The van der Waals surface area contributed by atoms with Crippen molar-refractivity contribution in [2.75, 3.05) is 7.11 Å². The molecule has 0 radical (unpaired) electrons. The maximum Gasteiger partial charge on any atom is 0.336 e. The Labute approximate surface area is 185 Å². The van der Waals surface area contributed by atoms with Crippen LogP contribution in [0.3, 0.4) is 0 Å². The molecule has 1 atom stereocenters. The van der Waals surface area contributed by atoms with Gasteiger partial charge in [0.25, 0.3) is 5.91 Å². The maximum atomic E-state index is 12.1. The van der Waals surface area contributed by atoms with Crippen LogP contribution in [-0.2, 0) is 9.59 Å². The number of aliphatic hydroxyl groups excluding tert-OH is 1. The predicted molar refractivity (Wildman–Crippen MR) is 121 cm³/mol. The van der Waals surface area contributed by atoms with Crippen molar-refractivity contribution < 1.29 is 24.2 Å². The highest BCUT2D eigenvalue weighted by atomic mass is 16.6. The molecule has 162 valence electrons. The minimum Gasteiger partial charge on any atom is -0.493 e. The molecule has 0 aromatic heterocycles. The normalized spacial score (nSPS) is 11.9. The van der Waals surface area contributed by atoms with E-state index in [4.69, 9.17) is 9.47 Å². The van der Waals surface area contributed by atoms with Crippen LogP contribution in [0.2, 0.25) is 0 Å². The van der Waals surface area contributed by atoms with Crippen LogP contribution >= 0.6 is 0 Å². The fourth-order valence-corrected chi connectivity index (χ4v) is 2.74. The van der Waals surface area contributed by atoms with Crippen molar-refractivity contribution in [3.8, 4) is 11.5 Å². The maximum absolute atomic E-state index is 12.1. The number of hydrogen-bond donors (Lipinski definition) is 2. The van der Waals surface area contributed by atoms with Gasteiger partial charge in [0.2, 0.25) is 0 Å². The molecule has 1 unspecified atom stereocenters. The van der Waals surface area contributed by atoms with Crippen LogP contribution in [0.4, 0.5) is 0 Å². The number of ether oxygens (including phenoxy) is 2. The van der Waals surface area contributed by atoms with Crippen molar-refractivity contribution in [3.63, 3.8) is 0 Å². The zero-order chi connectivity index (χ0) is 22.8. The Balaban J connectivity index is 1.60. The molecule has 7 nitrogen and oxygen atoms in total. The Morgan fingerprint density at radius 1 is 0.938 bits per heavy atom. The Kier molecular flexibility index (Phi) is 7.89. The summed E-state index contributed by atoms with van der Waals surface area (Å²) in [7, 11) is 1.45. The second-order valence-corrected chi connectivity index (χ2v) is 6.62. The van der Waals surface area contributed by atoms with Crippen molar-refractivity contribution >= 4 is 24.2 Å². The van der Waals surface area contributed by atoms with Gasteiger partial charge in [-0.05, 0) is 41.0 Å². The Morgan fingerprint density at radius 2 is 1.62 bits per heavy atom. The number of nitrogens with zero attached hydrogens (tertiary/aromatic N) is 1. The molecule has 3 aromatic rings. The number of hydrazone groups is 1. The lowest BCUT2D eigenvalue weighted by Crippen LogP contribution is -2.25. The van der Waals surface area contributed by atoms with Gasteiger partial charge >= 0.3 is 5.97 Å². The van der Waals surface area contributed by atoms with E-state index in [9.17, 15) is 14.7 Å². The topological polar surface area (TPSA) is 97.2 Å². The second-order valence-electron chi connectivity index (χ2n) is 6.62. The minimum atomic E-state index is -1.33. The summed E-state index contributed by atoms with van der Waals surface area (Å²) in [5.74, 6) is -0.632. The Hall–Kier alpha value is -4.23. The molecule has 1 amide bonds. The molecular weight excluding hydrogens is 408 g/mol. The number of carbonyl (C=O) groups is 2. The van der Waals surface area contributed by atoms with Gasteiger partial charge in [-0.1, -0.05) is 60.7 Å². The first-order chi connectivity index (χ1) is 15.6. The molecule has 3 aromatic carbocycles. The van der Waals surface area contributed by atoms with E-state index in [-0.39, 0.29) is 5.75 Å².